The molecular weight excluding hydrogens is 322 g/mol. The predicted molar refractivity (Wildman–Crippen MR) is 92.2 cm³/mol. The SMILES string of the molecule is c1csc(-c2cnc3n2CCN(Cc2ccc4c(c2)OCO4)C3)c1. The molecule has 2 aliphatic heterocycles. The van der Waals surface area contributed by atoms with Crippen LogP contribution in [0.1, 0.15) is 11.4 Å². The van der Waals surface area contributed by atoms with Crippen LogP contribution in [0.2, 0.25) is 0 Å². The van der Waals surface area contributed by atoms with Gasteiger partial charge in [0.25, 0.3) is 0 Å². The molecule has 0 saturated heterocycles. The highest BCUT2D eigenvalue weighted by Gasteiger charge is 2.21. The molecule has 122 valence electrons. The lowest BCUT2D eigenvalue weighted by atomic mass is 10.2. The maximum absolute atomic E-state index is 5.47. The molecule has 2 aliphatic rings. The fourth-order valence-electron chi connectivity index (χ4n) is 3.36. The lowest BCUT2D eigenvalue weighted by Gasteiger charge is -2.28. The van der Waals surface area contributed by atoms with Gasteiger partial charge < -0.3 is 14.0 Å². The van der Waals surface area contributed by atoms with E-state index < -0.39 is 0 Å². The van der Waals surface area contributed by atoms with Crippen LogP contribution in [0.15, 0.2) is 41.9 Å². The Morgan fingerprint density at radius 2 is 2.08 bits per heavy atom. The maximum Gasteiger partial charge on any atom is 0.231 e. The van der Waals surface area contributed by atoms with Gasteiger partial charge in [0, 0.05) is 19.6 Å². The summed E-state index contributed by atoms with van der Waals surface area (Å²) in [5.74, 6) is 2.84. The Hall–Kier alpha value is -2.31. The maximum atomic E-state index is 5.47. The summed E-state index contributed by atoms with van der Waals surface area (Å²) in [5, 5.41) is 2.12. The molecule has 0 radical (unpaired) electrons. The second-order valence-electron chi connectivity index (χ2n) is 6.09. The van der Waals surface area contributed by atoms with Gasteiger partial charge in [0.05, 0.1) is 23.3 Å². The minimum atomic E-state index is 0.325. The third kappa shape index (κ3) is 2.39. The molecule has 0 N–H and O–H groups in total. The molecule has 5 nitrogen and oxygen atoms in total. The lowest BCUT2D eigenvalue weighted by Crippen LogP contribution is -2.33. The van der Waals surface area contributed by atoms with Crippen molar-refractivity contribution in [2.45, 2.75) is 19.6 Å². The molecule has 24 heavy (non-hydrogen) atoms. The van der Waals surface area contributed by atoms with Gasteiger partial charge in [-0.2, -0.15) is 0 Å². The van der Waals surface area contributed by atoms with E-state index in [0.29, 0.717) is 6.79 Å². The third-order valence-corrected chi connectivity index (χ3v) is 5.45. The van der Waals surface area contributed by atoms with Crippen LogP contribution in [0.25, 0.3) is 10.6 Å². The summed E-state index contributed by atoms with van der Waals surface area (Å²) in [6.45, 7) is 4.10. The van der Waals surface area contributed by atoms with E-state index >= 15 is 0 Å². The lowest BCUT2D eigenvalue weighted by molar-refractivity contribution is 0.173. The van der Waals surface area contributed by atoms with Crippen molar-refractivity contribution in [1.82, 2.24) is 14.5 Å². The molecule has 5 rings (SSSR count). The predicted octanol–water partition coefficient (Wildman–Crippen LogP) is 3.36. The molecule has 4 heterocycles. The minimum Gasteiger partial charge on any atom is -0.454 e. The fourth-order valence-corrected chi connectivity index (χ4v) is 4.11. The van der Waals surface area contributed by atoms with Crippen LogP contribution in [-0.2, 0) is 19.6 Å². The first-order valence-electron chi connectivity index (χ1n) is 8.06. The van der Waals surface area contributed by atoms with Crippen molar-refractivity contribution >= 4 is 11.3 Å². The van der Waals surface area contributed by atoms with Crippen molar-refractivity contribution < 1.29 is 9.47 Å². The number of benzene rings is 1. The quantitative estimate of drug-likeness (QED) is 0.734. The normalized spacial score (nSPS) is 16.3. The Balaban J connectivity index is 1.34. The number of hydrogen-bond donors (Lipinski definition) is 0. The molecule has 0 saturated carbocycles. The van der Waals surface area contributed by atoms with E-state index in [2.05, 4.69) is 44.1 Å². The second-order valence-corrected chi connectivity index (χ2v) is 7.03. The number of nitrogens with zero attached hydrogens (tertiary/aromatic N) is 3. The number of fused-ring (bicyclic) bond motifs is 2. The highest BCUT2D eigenvalue weighted by atomic mass is 32.1. The van der Waals surface area contributed by atoms with E-state index in [1.165, 1.54) is 16.1 Å². The van der Waals surface area contributed by atoms with E-state index in [1.807, 2.05) is 12.3 Å². The van der Waals surface area contributed by atoms with E-state index in [1.54, 1.807) is 11.3 Å². The standard InChI is InChI=1S/C18H17N3O2S/c1-2-17(24-7-1)14-9-19-18-11-20(5-6-21(14)18)10-13-3-4-15-16(8-13)23-12-22-15/h1-4,7-9H,5-6,10-12H2. The summed E-state index contributed by atoms with van der Waals surface area (Å²) in [7, 11) is 0. The van der Waals surface area contributed by atoms with E-state index in [4.69, 9.17) is 9.47 Å². The summed E-state index contributed by atoms with van der Waals surface area (Å²) in [4.78, 5) is 8.36. The summed E-state index contributed by atoms with van der Waals surface area (Å²) in [6, 6.07) is 10.5. The Morgan fingerprint density at radius 3 is 3.00 bits per heavy atom. The molecule has 0 fully saturated rings. The van der Waals surface area contributed by atoms with E-state index in [0.717, 1.165) is 43.5 Å². The van der Waals surface area contributed by atoms with Crippen LogP contribution in [0, 0.1) is 0 Å². The minimum absolute atomic E-state index is 0.325. The molecular formula is C18H17N3O2S. The van der Waals surface area contributed by atoms with Crippen LogP contribution < -0.4 is 9.47 Å². The molecule has 0 spiro atoms. The van der Waals surface area contributed by atoms with Crippen LogP contribution in [-0.4, -0.2) is 27.8 Å². The zero-order valence-corrected chi connectivity index (χ0v) is 14.0. The second kappa shape index (κ2) is 5.65. The first kappa shape index (κ1) is 14.1. The summed E-state index contributed by atoms with van der Waals surface area (Å²) in [5.41, 5.74) is 2.49. The molecule has 0 aliphatic carbocycles. The molecule has 0 atom stereocenters. The third-order valence-electron chi connectivity index (χ3n) is 4.56. The average molecular weight is 339 g/mol. The number of thiophene rings is 1. The van der Waals surface area contributed by atoms with Crippen molar-refractivity contribution in [3.05, 3.63) is 53.3 Å². The molecule has 0 amide bonds. The molecule has 0 unspecified atom stereocenters. The van der Waals surface area contributed by atoms with Crippen LogP contribution in [0.4, 0.5) is 0 Å². The number of rotatable bonds is 3. The zero-order chi connectivity index (χ0) is 15.9. The molecule has 3 aromatic rings. The average Bonchev–Trinajstić information content (AvgIpc) is 3.34. The first-order chi connectivity index (χ1) is 11.9. The Kier molecular flexibility index (Phi) is 3.31. The molecule has 1 aromatic carbocycles. The highest BCUT2D eigenvalue weighted by Crippen LogP contribution is 2.33. The van der Waals surface area contributed by atoms with Gasteiger partial charge in [-0.15, -0.1) is 11.3 Å². The smallest absolute Gasteiger partial charge is 0.231 e. The van der Waals surface area contributed by atoms with Crippen LogP contribution in [0.5, 0.6) is 11.5 Å². The van der Waals surface area contributed by atoms with Gasteiger partial charge in [-0.1, -0.05) is 12.1 Å². The fraction of sp³-hybridized carbons (Fsp3) is 0.278. The number of ether oxygens (including phenoxy) is 2. The monoisotopic (exact) mass is 339 g/mol. The molecule has 6 heteroatoms. The van der Waals surface area contributed by atoms with Gasteiger partial charge in [0.1, 0.15) is 5.82 Å². The van der Waals surface area contributed by atoms with Crippen LogP contribution in [0.3, 0.4) is 0 Å². The Labute approximate surface area is 144 Å². The van der Waals surface area contributed by atoms with Crippen molar-refractivity contribution in [1.29, 1.82) is 0 Å². The van der Waals surface area contributed by atoms with Crippen molar-refractivity contribution in [3.8, 4) is 22.1 Å². The van der Waals surface area contributed by atoms with Gasteiger partial charge in [-0.05, 0) is 29.1 Å². The largest absolute Gasteiger partial charge is 0.454 e. The Morgan fingerprint density at radius 1 is 1.12 bits per heavy atom. The van der Waals surface area contributed by atoms with Gasteiger partial charge in [0.2, 0.25) is 6.79 Å². The van der Waals surface area contributed by atoms with Crippen molar-refractivity contribution in [2.75, 3.05) is 13.3 Å². The van der Waals surface area contributed by atoms with Gasteiger partial charge in [-0.3, -0.25) is 4.90 Å². The summed E-state index contributed by atoms with van der Waals surface area (Å²) in [6.07, 6.45) is 2.01. The number of imidazole rings is 1. The highest BCUT2D eigenvalue weighted by molar-refractivity contribution is 7.13. The zero-order valence-electron chi connectivity index (χ0n) is 13.1. The Bertz CT molecular complexity index is 873. The van der Waals surface area contributed by atoms with E-state index in [9.17, 15) is 0 Å². The molecule has 0 bridgehead atoms. The number of aromatic nitrogens is 2. The topological polar surface area (TPSA) is 39.5 Å². The van der Waals surface area contributed by atoms with Gasteiger partial charge in [-0.25, -0.2) is 4.98 Å². The van der Waals surface area contributed by atoms with E-state index in [-0.39, 0.29) is 0 Å². The van der Waals surface area contributed by atoms with Gasteiger partial charge >= 0.3 is 0 Å². The summed E-state index contributed by atoms with van der Waals surface area (Å²) < 4.78 is 13.2. The number of hydrogen-bond acceptors (Lipinski definition) is 5. The summed E-state index contributed by atoms with van der Waals surface area (Å²) >= 11 is 1.77. The van der Waals surface area contributed by atoms with Crippen LogP contribution >= 0.6 is 11.3 Å². The van der Waals surface area contributed by atoms with Gasteiger partial charge in [0.15, 0.2) is 11.5 Å². The first-order valence-corrected chi connectivity index (χ1v) is 8.94. The molecule has 2 aromatic heterocycles. The van der Waals surface area contributed by atoms with Crippen molar-refractivity contribution in [3.63, 3.8) is 0 Å². The van der Waals surface area contributed by atoms with Crippen molar-refractivity contribution in [2.24, 2.45) is 0 Å².